The van der Waals surface area contributed by atoms with Crippen molar-refractivity contribution in [3.63, 3.8) is 0 Å². The van der Waals surface area contributed by atoms with Crippen molar-refractivity contribution in [2.45, 2.75) is 6.10 Å². The van der Waals surface area contributed by atoms with Gasteiger partial charge in [-0.2, -0.15) is 0 Å². The zero-order chi connectivity index (χ0) is 13.9. The molecule has 1 atom stereocenters. The fraction of sp³-hybridized carbons (Fsp3) is 0.375. The topological polar surface area (TPSA) is 39.7 Å². The van der Waals surface area contributed by atoms with E-state index in [0.717, 1.165) is 40.9 Å². The maximum Gasteiger partial charge on any atom is 0.125 e. The highest BCUT2D eigenvalue weighted by molar-refractivity contribution is 5.89. The fourth-order valence-corrected chi connectivity index (χ4v) is 2.69. The Morgan fingerprint density at radius 3 is 2.70 bits per heavy atom. The normalized spacial score (nSPS) is 19.0. The highest BCUT2D eigenvalue weighted by Gasteiger charge is 2.22. The summed E-state index contributed by atoms with van der Waals surface area (Å²) in [6.07, 6.45) is 0.00880. The van der Waals surface area contributed by atoms with Crippen molar-refractivity contribution in [1.29, 1.82) is 0 Å². The molecule has 0 amide bonds. The second-order valence-corrected chi connectivity index (χ2v) is 4.83. The number of nitrogens with one attached hydrogen (secondary N) is 1. The summed E-state index contributed by atoms with van der Waals surface area (Å²) in [4.78, 5) is 0. The number of hydrogen-bond donors (Lipinski definition) is 1. The molecule has 20 heavy (non-hydrogen) atoms. The van der Waals surface area contributed by atoms with Gasteiger partial charge in [0.25, 0.3) is 0 Å². The molecule has 0 saturated carbocycles. The quantitative estimate of drug-likeness (QED) is 0.933. The molecule has 1 unspecified atom stereocenters. The molecule has 2 aromatic rings. The summed E-state index contributed by atoms with van der Waals surface area (Å²) in [5, 5.41) is 5.65. The molecule has 3 rings (SSSR count). The number of fused-ring (bicyclic) bond motifs is 1. The molecule has 1 saturated heterocycles. The Kier molecular flexibility index (Phi) is 3.76. The summed E-state index contributed by atoms with van der Waals surface area (Å²) in [7, 11) is 3.38. The Hall–Kier alpha value is -1.78. The molecule has 1 N–H and O–H groups in total. The first-order valence-electron chi connectivity index (χ1n) is 6.80. The van der Waals surface area contributed by atoms with Gasteiger partial charge in [0.05, 0.1) is 26.9 Å². The average molecular weight is 273 g/mol. The minimum absolute atomic E-state index is 0.00880. The van der Waals surface area contributed by atoms with Gasteiger partial charge >= 0.3 is 0 Å². The average Bonchev–Trinajstić information content (AvgIpc) is 2.53. The molecule has 0 spiro atoms. The van der Waals surface area contributed by atoms with Gasteiger partial charge in [-0.25, -0.2) is 0 Å². The van der Waals surface area contributed by atoms with Crippen LogP contribution in [0.15, 0.2) is 30.3 Å². The smallest absolute Gasteiger partial charge is 0.125 e. The molecule has 4 nitrogen and oxygen atoms in total. The summed E-state index contributed by atoms with van der Waals surface area (Å²) in [5.41, 5.74) is 1.09. The molecular formula is C16H19NO3. The highest BCUT2D eigenvalue weighted by Crippen LogP contribution is 2.36. The van der Waals surface area contributed by atoms with Crippen molar-refractivity contribution in [2.24, 2.45) is 0 Å². The first-order chi connectivity index (χ1) is 9.83. The van der Waals surface area contributed by atoms with Gasteiger partial charge < -0.3 is 19.5 Å². The number of hydrogen-bond acceptors (Lipinski definition) is 4. The summed E-state index contributed by atoms with van der Waals surface area (Å²) in [5.74, 6) is 1.70. The lowest BCUT2D eigenvalue weighted by molar-refractivity contribution is 0.0272. The molecule has 2 aromatic carbocycles. The molecule has 1 fully saturated rings. The van der Waals surface area contributed by atoms with Crippen molar-refractivity contribution in [3.8, 4) is 11.5 Å². The van der Waals surface area contributed by atoms with Crippen molar-refractivity contribution in [3.05, 3.63) is 35.9 Å². The summed E-state index contributed by atoms with van der Waals surface area (Å²) < 4.78 is 16.8. The van der Waals surface area contributed by atoms with E-state index < -0.39 is 0 Å². The SMILES string of the molecule is COc1ccc2ccc(OC)c(C3CNCCO3)c2c1. The van der Waals surface area contributed by atoms with E-state index in [4.69, 9.17) is 14.2 Å². The van der Waals surface area contributed by atoms with Crippen LogP contribution in [0.25, 0.3) is 10.8 Å². The maximum absolute atomic E-state index is 5.90. The zero-order valence-electron chi connectivity index (χ0n) is 11.8. The maximum atomic E-state index is 5.90. The fourth-order valence-electron chi connectivity index (χ4n) is 2.69. The van der Waals surface area contributed by atoms with E-state index in [9.17, 15) is 0 Å². The van der Waals surface area contributed by atoms with Crippen LogP contribution in [0.5, 0.6) is 11.5 Å². The second-order valence-electron chi connectivity index (χ2n) is 4.83. The summed E-state index contributed by atoms with van der Waals surface area (Å²) in [6.45, 7) is 2.41. The predicted molar refractivity (Wildman–Crippen MR) is 78.6 cm³/mol. The van der Waals surface area contributed by atoms with Gasteiger partial charge in [0.2, 0.25) is 0 Å². The Bertz CT molecular complexity index is 601. The van der Waals surface area contributed by atoms with Gasteiger partial charge in [-0.3, -0.25) is 0 Å². The molecule has 0 aromatic heterocycles. The lowest BCUT2D eigenvalue weighted by Crippen LogP contribution is -2.33. The Balaban J connectivity index is 2.18. The predicted octanol–water partition coefficient (Wildman–Crippen LogP) is 2.52. The minimum Gasteiger partial charge on any atom is -0.497 e. The van der Waals surface area contributed by atoms with E-state index in [1.807, 2.05) is 18.2 Å². The van der Waals surface area contributed by atoms with Crippen LogP contribution >= 0.6 is 0 Å². The molecule has 4 heteroatoms. The third-order valence-electron chi connectivity index (χ3n) is 3.70. The van der Waals surface area contributed by atoms with E-state index in [-0.39, 0.29) is 6.10 Å². The van der Waals surface area contributed by atoms with Crippen molar-refractivity contribution in [2.75, 3.05) is 33.9 Å². The van der Waals surface area contributed by atoms with E-state index >= 15 is 0 Å². The molecule has 106 valence electrons. The largest absolute Gasteiger partial charge is 0.497 e. The van der Waals surface area contributed by atoms with Crippen molar-refractivity contribution >= 4 is 10.8 Å². The Morgan fingerprint density at radius 2 is 2.00 bits per heavy atom. The van der Waals surface area contributed by atoms with Crippen molar-refractivity contribution in [1.82, 2.24) is 5.32 Å². The van der Waals surface area contributed by atoms with Gasteiger partial charge in [0.1, 0.15) is 11.5 Å². The third-order valence-corrected chi connectivity index (χ3v) is 3.70. The number of morpholine rings is 1. The molecule has 0 radical (unpaired) electrons. The highest BCUT2D eigenvalue weighted by atomic mass is 16.5. The second kappa shape index (κ2) is 5.69. The number of methoxy groups -OCH3 is 2. The van der Waals surface area contributed by atoms with Crippen LogP contribution in [0.2, 0.25) is 0 Å². The Morgan fingerprint density at radius 1 is 1.15 bits per heavy atom. The third kappa shape index (κ3) is 2.32. The summed E-state index contributed by atoms with van der Waals surface area (Å²) >= 11 is 0. The van der Waals surface area contributed by atoms with E-state index in [0.29, 0.717) is 6.61 Å². The molecular weight excluding hydrogens is 254 g/mol. The standard InChI is InChI=1S/C16H19NO3/c1-18-12-5-3-11-4-6-14(19-2)16(13(11)9-12)15-10-17-7-8-20-15/h3-6,9,15,17H,7-8,10H2,1-2H3. The van der Waals surface area contributed by atoms with E-state index in [1.165, 1.54) is 0 Å². The van der Waals surface area contributed by atoms with Crippen LogP contribution in [-0.2, 0) is 4.74 Å². The zero-order valence-corrected chi connectivity index (χ0v) is 11.8. The van der Waals surface area contributed by atoms with Gasteiger partial charge in [-0.15, -0.1) is 0 Å². The molecule has 1 aliphatic rings. The molecule has 0 aliphatic carbocycles. The molecule has 0 bridgehead atoms. The van der Waals surface area contributed by atoms with Crippen LogP contribution in [0.3, 0.4) is 0 Å². The molecule has 1 heterocycles. The monoisotopic (exact) mass is 273 g/mol. The van der Waals surface area contributed by atoms with Crippen LogP contribution in [0.1, 0.15) is 11.7 Å². The van der Waals surface area contributed by atoms with Crippen LogP contribution in [-0.4, -0.2) is 33.9 Å². The van der Waals surface area contributed by atoms with Crippen LogP contribution in [0, 0.1) is 0 Å². The lowest BCUT2D eigenvalue weighted by Gasteiger charge is -2.26. The van der Waals surface area contributed by atoms with Gasteiger partial charge in [0, 0.05) is 18.7 Å². The molecule has 1 aliphatic heterocycles. The summed E-state index contributed by atoms with van der Waals surface area (Å²) in [6, 6.07) is 10.1. The van der Waals surface area contributed by atoms with E-state index in [2.05, 4.69) is 17.4 Å². The number of rotatable bonds is 3. The van der Waals surface area contributed by atoms with Crippen molar-refractivity contribution < 1.29 is 14.2 Å². The van der Waals surface area contributed by atoms with E-state index in [1.54, 1.807) is 14.2 Å². The van der Waals surface area contributed by atoms with Gasteiger partial charge in [0.15, 0.2) is 0 Å². The lowest BCUT2D eigenvalue weighted by atomic mass is 9.98. The first kappa shape index (κ1) is 13.2. The first-order valence-corrected chi connectivity index (χ1v) is 6.80. The van der Waals surface area contributed by atoms with Gasteiger partial charge in [-0.05, 0) is 29.0 Å². The van der Waals surface area contributed by atoms with Gasteiger partial charge in [-0.1, -0.05) is 12.1 Å². The number of ether oxygens (including phenoxy) is 3. The van der Waals surface area contributed by atoms with Crippen LogP contribution < -0.4 is 14.8 Å². The van der Waals surface area contributed by atoms with Crippen LogP contribution in [0.4, 0.5) is 0 Å². The number of benzene rings is 2. The minimum atomic E-state index is 0.00880. The Labute approximate surface area is 118 Å².